The van der Waals surface area contributed by atoms with Crippen molar-refractivity contribution in [1.29, 1.82) is 0 Å². The van der Waals surface area contributed by atoms with Crippen LogP contribution >= 0.6 is 0 Å². The van der Waals surface area contributed by atoms with Crippen LogP contribution in [-0.2, 0) is 10.9 Å². The van der Waals surface area contributed by atoms with E-state index in [0.29, 0.717) is 6.07 Å². The van der Waals surface area contributed by atoms with E-state index in [9.17, 15) is 23.3 Å². The first kappa shape index (κ1) is 16.2. The molecule has 0 spiro atoms. The number of halogens is 3. The van der Waals surface area contributed by atoms with E-state index >= 15 is 0 Å². The fourth-order valence-electron chi connectivity index (χ4n) is 1.60. The highest BCUT2D eigenvalue weighted by Crippen LogP contribution is 2.37. The van der Waals surface area contributed by atoms with Gasteiger partial charge in [-0.1, -0.05) is 0 Å². The van der Waals surface area contributed by atoms with Gasteiger partial charge in [-0.2, -0.15) is 13.2 Å². The molecule has 1 rings (SSSR count). The van der Waals surface area contributed by atoms with Crippen LogP contribution in [0.15, 0.2) is 12.3 Å². The molecule has 0 saturated heterocycles. The molecule has 0 bridgehead atoms. The summed E-state index contributed by atoms with van der Waals surface area (Å²) in [4.78, 5) is 14.5. The first-order valence-corrected chi connectivity index (χ1v) is 5.62. The molecule has 0 aromatic carbocycles. The molecule has 0 aliphatic rings. The lowest BCUT2D eigenvalue weighted by molar-refractivity contribution is -0.385. The van der Waals surface area contributed by atoms with Crippen molar-refractivity contribution in [2.45, 2.75) is 19.1 Å². The Morgan fingerprint density at radius 2 is 2.15 bits per heavy atom. The lowest BCUT2D eigenvalue weighted by atomic mass is 10.2. The van der Waals surface area contributed by atoms with Gasteiger partial charge in [-0.15, -0.1) is 0 Å². The number of alkyl halides is 3. The molecule has 6 nitrogen and oxygen atoms in total. The molecule has 1 atom stereocenters. The number of ether oxygens (including phenoxy) is 1. The van der Waals surface area contributed by atoms with Gasteiger partial charge in [0.2, 0.25) is 0 Å². The Balaban J connectivity index is 3.28. The smallest absolute Gasteiger partial charge is 0.383 e. The maximum absolute atomic E-state index is 13.0. The van der Waals surface area contributed by atoms with Gasteiger partial charge in [-0.25, -0.2) is 4.98 Å². The Kier molecular flexibility index (Phi) is 4.88. The number of hydrogen-bond donors (Lipinski definition) is 0. The molecule has 0 aliphatic heterocycles. The van der Waals surface area contributed by atoms with E-state index in [2.05, 4.69) is 4.98 Å². The summed E-state index contributed by atoms with van der Waals surface area (Å²) in [7, 11) is 2.85. The minimum atomic E-state index is -4.73. The van der Waals surface area contributed by atoms with Crippen molar-refractivity contribution in [3.63, 3.8) is 0 Å². The molecule has 0 radical (unpaired) electrons. The van der Waals surface area contributed by atoms with Gasteiger partial charge < -0.3 is 9.64 Å². The Morgan fingerprint density at radius 3 is 2.60 bits per heavy atom. The number of nitro groups is 1. The van der Waals surface area contributed by atoms with Gasteiger partial charge in [0.15, 0.2) is 0 Å². The summed E-state index contributed by atoms with van der Waals surface area (Å²) in [6.45, 7) is 1.86. The van der Waals surface area contributed by atoms with Crippen molar-refractivity contribution in [1.82, 2.24) is 4.98 Å². The third-order valence-corrected chi connectivity index (χ3v) is 2.77. The molecule has 9 heteroatoms. The molecular formula is C11H14F3N3O3. The molecule has 0 saturated carbocycles. The van der Waals surface area contributed by atoms with E-state index in [0.717, 1.165) is 6.20 Å². The number of aromatic nitrogens is 1. The topological polar surface area (TPSA) is 68.5 Å². The van der Waals surface area contributed by atoms with Crippen molar-refractivity contribution in [3.8, 4) is 0 Å². The Bertz CT molecular complexity index is 494. The number of rotatable bonds is 5. The lowest BCUT2D eigenvalue weighted by Gasteiger charge is -2.27. The molecule has 112 valence electrons. The van der Waals surface area contributed by atoms with Crippen LogP contribution in [0.3, 0.4) is 0 Å². The van der Waals surface area contributed by atoms with Gasteiger partial charge in [-0.05, 0) is 6.92 Å². The van der Waals surface area contributed by atoms with E-state index in [1.165, 1.54) is 19.1 Å². The maximum atomic E-state index is 13.0. The minimum Gasteiger partial charge on any atom is -0.383 e. The SMILES string of the molecule is COCC(C)N(C)c1ncc([N+](=O)[O-])cc1C(F)(F)F. The van der Waals surface area contributed by atoms with Crippen molar-refractivity contribution in [2.75, 3.05) is 25.7 Å². The first-order valence-electron chi connectivity index (χ1n) is 5.62. The molecule has 1 aromatic heterocycles. The standard InChI is InChI=1S/C11H14F3N3O3/c1-7(6-20-3)16(2)10-9(11(12,13)14)4-8(5-15-10)17(18)19/h4-5,7H,6H2,1-3H3. The Hall–Kier alpha value is -1.90. The van der Waals surface area contributed by atoms with Crippen LogP contribution in [0.4, 0.5) is 24.7 Å². The summed E-state index contributed by atoms with van der Waals surface area (Å²) < 4.78 is 43.8. The number of hydrogen-bond acceptors (Lipinski definition) is 5. The average molecular weight is 293 g/mol. The fourth-order valence-corrected chi connectivity index (χ4v) is 1.60. The number of nitrogens with zero attached hydrogens (tertiary/aromatic N) is 3. The van der Waals surface area contributed by atoms with Crippen LogP contribution in [-0.4, -0.2) is 36.7 Å². The molecule has 0 amide bonds. The molecule has 20 heavy (non-hydrogen) atoms. The van der Waals surface area contributed by atoms with Crippen molar-refractivity contribution >= 4 is 11.5 Å². The Morgan fingerprint density at radius 1 is 1.55 bits per heavy atom. The Labute approximate surface area is 113 Å². The quantitative estimate of drug-likeness (QED) is 0.616. The third-order valence-electron chi connectivity index (χ3n) is 2.77. The van der Waals surface area contributed by atoms with Gasteiger partial charge in [0.1, 0.15) is 17.6 Å². The van der Waals surface area contributed by atoms with Crippen LogP contribution in [0.1, 0.15) is 12.5 Å². The highest BCUT2D eigenvalue weighted by molar-refractivity contribution is 5.52. The van der Waals surface area contributed by atoms with Crippen LogP contribution < -0.4 is 4.90 Å². The summed E-state index contributed by atoms with van der Waals surface area (Å²) in [5.41, 5.74) is -1.84. The van der Waals surface area contributed by atoms with E-state index < -0.39 is 22.4 Å². The molecule has 0 fully saturated rings. The fraction of sp³-hybridized carbons (Fsp3) is 0.545. The zero-order valence-corrected chi connectivity index (χ0v) is 11.1. The third kappa shape index (κ3) is 3.56. The average Bonchev–Trinajstić information content (AvgIpc) is 2.36. The highest BCUT2D eigenvalue weighted by Gasteiger charge is 2.37. The summed E-state index contributed by atoms with van der Waals surface area (Å²) in [5, 5.41) is 10.6. The number of anilines is 1. The second-order valence-corrected chi connectivity index (χ2v) is 4.23. The van der Waals surface area contributed by atoms with Crippen LogP contribution in [0.2, 0.25) is 0 Å². The van der Waals surface area contributed by atoms with Gasteiger partial charge in [0.25, 0.3) is 5.69 Å². The van der Waals surface area contributed by atoms with Gasteiger partial charge in [0, 0.05) is 20.2 Å². The normalized spacial score (nSPS) is 13.1. The van der Waals surface area contributed by atoms with Gasteiger partial charge >= 0.3 is 6.18 Å². The lowest BCUT2D eigenvalue weighted by Crippen LogP contribution is -2.34. The zero-order valence-electron chi connectivity index (χ0n) is 11.1. The molecule has 1 unspecified atom stereocenters. The van der Waals surface area contributed by atoms with E-state index in [-0.39, 0.29) is 18.5 Å². The summed E-state index contributed by atoms with van der Waals surface area (Å²) in [6, 6.07) is 0.119. The minimum absolute atomic E-state index is 0.201. The predicted octanol–water partition coefficient (Wildman–Crippen LogP) is 2.48. The second kappa shape index (κ2) is 6.04. The summed E-state index contributed by atoms with van der Waals surface area (Å²) in [5.74, 6) is -0.368. The van der Waals surface area contributed by atoms with E-state index in [1.54, 1.807) is 6.92 Å². The van der Waals surface area contributed by atoms with Gasteiger partial charge in [-0.3, -0.25) is 10.1 Å². The predicted molar refractivity (Wildman–Crippen MR) is 65.6 cm³/mol. The van der Waals surface area contributed by atoms with Crippen molar-refractivity contribution < 1.29 is 22.8 Å². The molecular weight excluding hydrogens is 279 g/mol. The van der Waals surface area contributed by atoms with Crippen LogP contribution in [0, 0.1) is 10.1 Å². The van der Waals surface area contributed by atoms with Crippen LogP contribution in [0.5, 0.6) is 0 Å². The molecule has 0 aliphatic carbocycles. The monoisotopic (exact) mass is 293 g/mol. The van der Waals surface area contributed by atoms with Crippen molar-refractivity contribution in [3.05, 3.63) is 27.9 Å². The molecule has 0 N–H and O–H groups in total. The maximum Gasteiger partial charge on any atom is 0.420 e. The second-order valence-electron chi connectivity index (χ2n) is 4.23. The van der Waals surface area contributed by atoms with E-state index in [1.807, 2.05) is 0 Å². The summed E-state index contributed by atoms with van der Waals surface area (Å²) in [6.07, 6.45) is -3.92. The highest BCUT2D eigenvalue weighted by atomic mass is 19.4. The van der Waals surface area contributed by atoms with Crippen LogP contribution in [0.25, 0.3) is 0 Å². The van der Waals surface area contributed by atoms with Gasteiger partial charge in [0.05, 0.1) is 17.6 Å². The number of pyridine rings is 1. The largest absolute Gasteiger partial charge is 0.420 e. The summed E-state index contributed by atoms with van der Waals surface area (Å²) >= 11 is 0. The first-order chi connectivity index (χ1) is 9.18. The number of methoxy groups -OCH3 is 1. The van der Waals surface area contributed by atoms with Crippen molar-refractivity contribution in [2.24, 2.45) is 0 Å². The molecule has 1 aromatic rings. The number of likely N-dealkylation sites (N-methyl/N-ethyl adjacent to an activating group) is 1. The molecule has 1 heterocycles. The zero-order chi connectivity index (χ0) is 15.5. The van der Waals surface area contributed by atoms with E-state index in [4.69, 9.17) is 4.74 Å².